The van der Waals surface area contributed by atoms with Crippen molar-refractivity contribution in [2.75, 3.05) is 20.2 Å². The van der Waals surface area contributed by atoms with Crippen LogP contribution in [0.5, 0.6) is 5.88 Å². The van der Waals surface area contributed by atoms with Crippen LogP contribution in [0.15, 0.2) is 10.9 Å². The average Bonchev–Trinajstić information content (AvgIpc) is 3.32. The zero-order valence-corrected chi connectivity index (χ0v) is 19.5. The molecule has 2 fully saturated rings. The molecule has 2 aromatic heterocycles. The average molecular weight is 458 g/mol. The van der Waals surface area contributed by atoms with E-state index in [0.29, 0.717) is 36.5 Å². The maximum Gasteiger partial charge on any atom is 0.270 e. The molecule has 0 aromatic carbocycles. The van der Waals surface area contributed by atoms with Gasteiger partial charge in [-0.2, -0.15) is 9.61 Å². The Hall–Kier alpha value is -3.14. The minimum Gasteiger partial charge on any atom is -0.492 e. The third kappa shape index (κ3) is 4.52. The number of fused-ring (bicyclic) bond motifs is 1. The van der Waals surface area contributed by atoms with Gasteiger partial charge in [0.1, 0.15) is 5.65 Å². The Morgan fingerprint density at radius 1 is 1.30 bits per heavy atom. The smallest absolute Gasteiger partial charge is 0.270 e. The highest BCUT2D eigenvalue weighted by atomic mass is 16.5. The lowest BCUT2D eigenvalue weighted by Crippen LogP contribution is -2.36. The summed E-state index contributed by atoms with van der Waals surface area (Å²) < 4.78 is 8.02. The fraction of sp³-hybridized carbons (Fsp3) is 0.565. The lowest BCUT2D eigenvalue weighted by atomic mass is 10.1. The summed E-state index contributed by atoms with van der Waals surface area (Å²) in [7, 11) is 1.64. The second-order valence-electron chi connectivity index (χ2n) is 9.25. The van der Waals surface area contributed by atoms with E-state index in [1.807, 2.05) is 13.8 Å². The first-order valence-corrected chi connectivity index (χ1v) is 11.4. The number of aryl methyl sites for hydroxylation is 1. The van der Waals surface area contributed by atoms with Gasteiger partial charge in [-0.05, 0) is 38.2 Å². The number of amides is 2. The number of likely N-dealkylation sites (tertiary alicyclic amines) is 1. The van der Waals surface area contributed by atoms with Crippen LogP contribution >= 0.6 is 0 Å². The molecule has 4 rings (SSSR count). The summed E-state index contributed by atoms with van der Waals surface area (Å²) in [6.45, 7) is 7.14. The topological polar surface area (TPSA) is 118 Å². The highest BCUT2D eigenvalue weighted by Gasteiger charge is 2.30. The highest BCUT2D eigenvalue weighted by Crippen LogP contribution is 2.25. The first-order valence-electron chi connectivity index (χ1n) is 11.4. The largest absolute Gasteiger partial charge is 0.492 e. The van der Waals surface area contributed by atoms with E-state index in [0.717, 1.165) is 19.3 Å². The van der Waals surface area contributed by atoms with Crippen LogP contribution in [0.2, 0.25) is 0 Å². The summed E-state index contributed by atoms with van der Waals surface area (Å²) >= 11 is 0. The van der Waals surface area contributed by atoms with Crippen molar-refractivity contribution in [3.05, 3.63) is 33.3 Å². The molecule has 0 spiro atoms. The van der Waals surface area contributed by atoms with Gasteiger partial charge in [-0.1, -0.05) is 13.8 Å². The quantitative estimate of drug-likeness (QED) is 0.606. The number of rotatable bonds is 7. The number of nitrogens with zero attached hydrogens (tertiary/aromatic N) is 4. The van der Waals surface area contributed by atoms with Crippen LogP contribution in [-0.2, 0) is 16.1 Å². The number of hydrogen-bond donors (Lipinski definition) is 2. The molecule has 0 bridgehead atoms. The first kappa shape index (κ1) is 23.0. The fourth-order valence-electron chi connectivity index (χ4n) is 4.16. The number of methoxy groups -OCH3 is 1. The molecule has 2 aromatic rings. The van der Waals surface area contributed by atoms with E-state index in [-0.39, 0.29) is 29.5 Å². The highest BCUT2D eigenvalue weighted by molar-refractivity contribution is 5.97. The maximum absolute atomic E-state index is 13.3. The molecule has 33 heavy (non-hydrogen) atoms. The minimum absolute atomic E-state index is 0.0365. The van der Waals surface area contributed by atoms with E-state index in [2.05, 4.69) is 10.4 Å². The Kier molecular flexibility index (Phi) is 6.29. The molecule has 1 aliphatic carbocycles. The molecule has 10 nitrogen and oxygen atoms in total. The monoisotopic (exact) mass is 457 g/mol. The lowest BCUT2D eigenvalue weighted by molar-refractivity contribution is -0.125. The third-order valence-electron chi connectivity index (χ3n) is 6.09. The lowest BCUT2D eigenvalue weighted by Gasteiger charge is -2.15. The number of ether oxygens (including phenoxy) is 1. The van der Waals surface area contributed by atoms with Crippen molar-refractivity contribution in [1.82, 2.24) is 24.4 Å². The molecule has 1 saturated heterocycles. The molecule has 10 heteroatoms. The summed E-state index contributed by atoms with van der Waals surface area (Å²) in [5, 5.41) is 18.0. The van der Waals surface area contributed by atoms with Gasteiger partial charge in [0.25, 0.3) is 11.5 Å². The predicted molar refractivity (Wildman–Crippen MR) is 122 cm³/mol. The van der Waals surface area contributed by atoms with Crippen LogP contribution in [-0.4, -0.2) is 68.3 Å². The van der Waals surface area contributed by atoms with Crippen molar-refractivity contribution < 1.29 is 19.4 Å². The summed E-state index contributed by atoms with van der Waals surface area (Å²) in [5.41, 5.74) is 0.546. The van der Waals surface area contributed by atoms with Gasteiger partial charge in [0, 0.05) is 44.4 Å². The van der Waals surface area contributed by atoms with Crippen LogP contribution in [0, 0.1) is 12.8 Å². The van der Waals surface area contributed by atoms with Crippen molar-refractivity contribution in [3.63, 3.8) is 0 Å². The van der Waals surface area contributed by atoms with Crippen molar-refractivity contribution in [1.29, 1.82) is 0 Å². The Labute approximate surface area is 191 Å². The van der Waals surface area contributed by atoms with Crippen molar-refractivity contribution in [2.24, 2.45) is 5.92 Å². The molecule has 1 saturated carbocycles. The number of aromatic hydroxyl groups is 1. The number of carbonyl (C=O) groups is 2. The maximum atomic E-state index is 13.3. The molecule has 178 valence electrons. The van der Waals surface area contributed by atoms with Crippen molar-refractivity contribution in [3.8, 4) is 5.88 Å². The molecule has 3 heterocycles. The number of aromatic nitrogens is 3. The van der Waals surface area contributed by atoms with Gasteiger partial charge < -0.3 is 20.1 Å². The SMILES string of the molecule is CO[C@H]1CCN(C(=O)/C=C/c2c(C)nn3c(O)c(C(=O)NC4CC4)c(=O)n(CC(C)C)c23)C1. The van der Waals surface area contributed by atoms with E-state index < -0.39 is 17.3 Å². The molecular weight excluding hydrogens is 426 g/mol. The predicted octanol–water partition coefficient (Wildman–Crippen LogP) is 1.32. The van der Waals surface area contributed by atoms with Gasteiger partial charge in [-0.25, -0.2) is 0 Å². The van der Waals surface area contributed by atoms with Gasteiger partial charge in [-0.15, -0.1) is 0 Å². The van der Waals surface area contributed by atoms with Crippen LogP contribution in [0.1, 0.15) is 54.7 Å². The molecule has 0 radical (unpaired) electrons. The number of nitrogens with one attached hydrogen (secondary N) is 1. The molecule has 1 atom stereocenters. The van der Waals surface area contributed by atoms with Gasteiger partial charge in [0.2, 0.25) is 11.8 Å². The number of hydrogen-bond acceptors (Lipinski definition) is 6. The van der Waals surface area contributed by atoms with Crippen LogP contribution < -0.4 is 10.9 Å². The normalized spacial score (nSPS) is 18.7. The molecule has 2 aliphatic rings. The van der Waals surface area contributed by atoms with Gasteiger partial charge in [-0.3, -0.25) is 19.0 Å². The second-order valence-corrected chi connectivity index (χ2v) is 9.25. The fourth-order valence-corrected chi connectivity index (χ4v) is 4.16. The molecule has 1 aliphatic heterocycles. The van der Waals surface area contributed by atoms with Crippen LogP contribution in [0.4, 0.5) is 0 Å². The van der Waals surface area contributed by atoms with E-state index in [1.54, 1.807) is 25.0 Å². The van der Waals surface area contributed by atoms with Crippen LogP contribution in [0.3, 0.4) is 0 Å². The van der Waals surface area contributed by atoms with Crippen LogP contribution in [0.25, 0.3) is 11.7 Å². The van der Waals surface area contributed by atoms with E-state index in [9.17, 15) is 19.5 Å². The Morgan fingerprint density at radius 3 is 2.64 bits per heavy atom. The summed E-state index contributed by atoms with van der Waals surface area (Å²) in [5.74, 6) is -1.15. The Bertz CT molecular complexity index is 1170. The standard InChI is InChI=1S/C23H31N5O5/c1-13(2)11-27-21-17(7-8-18(29)26-10-9-16(12-26)33-4)14(3)25-28(21)23(32)19(22(27)31)20(30)24-15-5-6-15/h7-8,13,15-16,32H,5-6,9-12H2,1-4H3,(H,24,30)/b8-7+/t16-/m0/s1. The zero-order chi connectivity index (χ0) is 23.9. The molecule has 2 N–H and O–H groups in total. The van der Waals surface area contributed by atoms with Gasteiger partial charge in [0.05, 0.1) is 11.8 Å². The summed E-state index contributed by atoms with van der Waals surface area (Å²) in [4.78, 5) is 40.5. The third-order valence-corrected chi connectivity index (χ3v) is 6.09. The summed E-state index contributed by atoms with van der Waals surface area (Å²) in [6, 6.07) is 0.0395. The van der Waals surface area contributed by atoms with E-state index in [1.165, 1.54) is 15.2 Å². The Morgan fingerprint density at radius 2 is 2.03 bits per heavy atom. The molecule has 2 amide bonds. The summed E-state index contributed by atoms with van der Waals surface area (Å²) in [6.07, 6.45) is 5.63. The second kappa shape index (κ2) is 9.01. The van der Waals surface area contributed by atoms with E-state index >= 15 is 0 Å². The number of carbonyl (C=O) groups excluding carboxylic acids is 2. The molecular formula is C23H31N5O5. The van der Waals surface area contributed by atoms with Gasteiger partial charge in [0.15, 0.2) is 5.56 Å². The minimum atomic E-state index is -0.596. The van der Waals surface area contributed by atoms with Gasteiger partial charge >= 0.3 is 0 Å². The zero-order valence-electron chi connectivity index (χ0n) is 19.5. The Balaban J connectivity index is 1.77. The first-order chi connectivity index (χ1) is 15.7. The van der Waals surface area contributed by atoms with Crippen molar-refractivity contribution in [2.45, 2.75) is 58.7 Å². The van der Waals surface area contributed by atoms with Crippen molar-refractivity contribution >= 4 is 23.5 Å². The molecule has 0 unspecified atom stereocenters. The van der Waals surface area contributed by atoms with E-state index in [4.69, 9.17) is 4.74 Å².